The standard InChI is InChI=1S/C12H13N.C2H7N.ClH/c1-9(13)11-8-4-6-10-5-2-3-7-12(10)11;1-2-3;/h2-9H,13H2,1H3;2-3H2,1H3;1H/t9-;;/m1../s1. The molecule has 0 spiro atoms. The molecule has 0 aliphatic carbocycles. The summed E-state index contributed by atoms with van der Waals surface area (Å²) in [7, 11) is 0. The van der Waals surface area contributed by atoms with Crippen LogP contribution in [0.5, 0.6) is 0 Å². The second kappa shape index (κ2) is 8.07. The minimum absolute atomic E-state index is 0. The van der Waals surface area contributed by atoms with Gasteiger partial charge < -0.3 is 11.5 Å². The fourth-order valence-corrected chi connectivity index (χ4v) is 1.65. The third-order valence-corrected chi connectivity index (χ3v) is 2.31. The molecule has 0 aliphatic rings. The molecule has 0 radical (unpaired) electrons. The summed E-state index contributed by atoms with van der Waals surface area (Å²) in [6.45, 7) is 4.67. The van der Waals surface area contributed by atoms with Gasteiger partial charge in [0, 0.05) is 6.04 Å². The van der Waals surface area contributed by atoms with Crippen molar-refractivity contribution in [2.75, 3.05) is 6.54 Å². The third kappa shape index (κ3) is 4.35. The van der Waals surface area contributed by atoms with Gasteiger partial charge in [-0.2, -0.15) is 0 Å². The molecular weight excluding hydrogens is 232 g/mol. The maximum atomic E-state index is 5.88. The molecule has 0 aromatic heterocycles. The molecule has 4 N–H and O–H groups in total. The van der Waals surface area contributed by atoms with Crippen LogP contribution in [0.15, 0.2) is 42.5 Å². The zero-order valence-corrected chi connectivity index (χ0v) is 11.2. The molecule has 0 amide bonds. The number of fused-ring (bicyclic) bond motifs is 1. The van der Waals surface area contributed by atoms with Crippen LogP contribution in [0.1, 0.15) is 25.5 Å². The van der Waals surface area contributed by atoms with Crippen molar-refractivity contribution in [3.05, 3.63) is 48.0 Å². The van der Waals surface area contributed by atoms with Gasteiger partial charge in [-0.25, -0.2) is 0 Å². The van der Waals surface area contributed by atoms with E-state index in [1.54, 1.807) is 0 Å². The number of hydrogen-bond donors (Lipinski definition) is 2. The van der Waals surface area contributed by atoms with E-state index in [1.165, 1.54) is 16.3 Å². The van der Waals surface area contributed by atoms with Crippen molar-refractivity contribution in [1.82, 2.24) is 0 Å². The highest BCUT2D eigenvalue weighted by Crippen LogP contribution is 2.22. The first kappa shape index (κ1) is 15.9. The van der Waals surface area contributed by atoms with Crippen molar-refractivity contribution in [3.63, 3.8) is 0 Å². The summed E-state index contributed by atoms with van der Waals surface area (Å²) in [6, 6.07) is 14.7. The topological polar surface area (TPSA) is 52.0 Å². The summed E-state index contributed by atoms with van der Waals surface area (Å²) in [5.74, 6) is 0. The van der Waals surface area contributed by atoms with E-state index in [-0.39, 0.29) is 18.4 Å². The molecule has 2 aromatic rings. The summed E-state index contributed by atoms with van der Waals surface area (Å²) in [4.78, 5) is 0. The molecule has 0 bridgehead atoms. The molecule has 17 heavy (non-hydrogen) atoms. The Labute approximate surface area is 109 Å². The van der Waals surface area contributed by atoms with Crippen LogP contribution in [0, 0.1) is 0 Å². The first-order valence-electron chi connectivity index (χ1n) is 5.64. The lowest BCUT2D eigenvalue weighted by molar-refractivity contribution is 0.827. The van der Waals surface area contributed by atoms with E-state index in [9.17, 15) is 0 Å². The van der Waals surface area contributed by atoms with Crippen molar-refractivity contribution < 1.29 is 0 Å². The van der Waals surface area contributed by atoms with Crippen LogP contribution < -0.4 is 11.5 Å². The van der Waals surface area contributed by atoms with Crippen molar-refractivity contribution in [1.29, 1.82) is 0 Å². The van der Waals surface area contributed by atoms with Gasteiger partial charge in [0.05, 0.1) is 0 Å². The zero-order chi connectivity index (χ0) is 12.0. The lowest BCUT2D eigenvalue weighted by atomic mass is 10.0. The third-order valence-electron chi connectivity index (χ3n) is 2.31. The molecule has 1 atom stereocenters. The molecule has 0 unspecified atom stereocenters. The van der Waals surface area contributed by atoms with Crippen LogP contribution in [-0.2, 0) is 0 Å². The van der Waals surface area contributed by atoms with Crippen LogP contribution in [0.25, 0.3) is 10.8 Å². The first-order chi connectivity index (χ1) is 7.70. The Morgan fingerprint density at radius 3 is 2.18 bits per heavy atom. The average Bonchev–Trinajstić information content (AvgIpc) is 2.29. The fourth-order valence-electron chi connectivity index (χ4n) is 1.65. The van der Waals surface area contributed by atoms with Crippen LogP contribution >= 0.6 is 12.4 Å². The maximum Gasteiger partial charge on any atom is 0.0272 e. The highest BCUT2D eigenvalue weighted by Gasteiger charge is 2.02. The Balaban J connectivity index is 0.000000583. The number of halogens is 1. The van der Waals surface area contributed by atoms with Crippen LogP contribution in [-0.4, -0.2) is 6.54 Å². The monoisotopic (exact) mass is 252 g/mol. The largest absolute Gasteiger partial charge is 0.331 e. The van der Waals surface area contributed by atoms with Gasteiger partial charge in [0.25, 0.3) is 0 Å². The van der Waals surface area contributed by atoms with E-state index >= 15 is 0 Å². The van der Waals surface area contributed by atoms with Gasteiger partial charge in [0.1, 0.15) is 0 Å². The summed E-state index contributed by atoms with van der Waals surface area (Å²) in [6.07, 6.45) is 0. The summed E-state index contributed by atoms with van der Waals surface area (Å²) < 4.78 is 0. The Morgan fingerprint density at radius 2 is 1.59 bits per heavy atom. The van der Waals surface area contributed by atoms with Crippen molar-refractivity contribution in [2.24, 2.45) is 11.5 Å². The molecule has 0 saturated carbocycles. The second-order valence-electron chi connectivity index (χ2n) is 3.77. The second-order valence-corrected chi connectivity index (χ2v) is 3.77. The van der Waals surface area contributed by atoms with E-state index in [1.807, 2.05) is 26.0 Å². The smallest absolute Gasteiger partial charge is 0.0272 e. The van der Waals surface area contributed by atoms with Crippen molar-refractivity contribution >= 4 is 23.2 Å². The van der Waals surface area contributed by atoms with Gasteiger partial charge >= 0.3 is 0 Å². The molecule has 0 fully saturated rings. The molecule has 0 heterocycles. The normalized spacial score (nSPS) is 11.1. The van der Waals surface area contributed by atoms with E-state index in [4.69, 9.17) is 11.5 Å². The Hall–Kier alpha value is -1.09. The predicted octanol–water partition coefficient (Wildman–Crippen LogP) is 3.25. The van der Waals surface area contributed by atoms with Gasteiger partial charge in [-0.1, -0.05) is 49.4 Å². The van der Waals surface area contributed by atoms with E-state index in [0.29, 0.717) is 0 Å². The van der Waals surface area contributed by atoms with E-state index in [0.717, 1.165) is 6.54 Å². The highest BCUT2D eigenvalue weighted by molar-refractivity contribution is 5.86. The summed E-state index contributed by atoms with van der Waals surface area (Å²) in [5.41, 5.74) is 11.9. The lowest BCUT2D eigenvalue weighted by Gasteiger charge is -2.09. The molecule has 2 rings (SSSR count). The molecule has 94 valence electrons. The minimum atomic E-state index is 0. The Bertz CT molecular complexity index is 436. The first-order valence-corrected chi connectivity index (χ1v) is 5.64. The van der Waals surface area contributed by atoms with Crippen LogP contribution in [0.2, 0.25) is 0 Å². The fraction of sp³-hybridized carbons (Fsp3) is 0.286. The van der Waals surface area contributed by atoms with Gasteiger partial charge in [-0.3, -0.25) is 0 Å². The minimum Gasteiger partial charge on any atom is -0.331 e. The van der Waals surface area contributed by atoms with Crippen LogP contribution in [0.4, 0.5) is 0 Å². The van der Waals surface area contributed by atoms with Gasteiger partial charge in [-0.15, -0.1) is 12.4 Å². The SMILES string of the molecule is CCN.C[C@@H](N)c1cccc2ccccc12.Cl. The number of hydrogen-bond acceptors (Lipinski definition) is 2. The number of rotatable bonds is 1. The highest BCUT2D eigenvalue weighted by atomic mass is 35.5. The Morgan fingerprint density at radius 1 is 1.06 bits per heavy atom. The number of benzene rings is 2. The molecular formula is C14H21ClN2. The molecule has 0 aliphatic heterocycles. The molecule has 2 aromatic carbocycles. The quantitative estimate of drug-likeness (QED) is 0.819. The molecule has 2 nitrogen and oxygen atoms in total. The number of nitrogens with two attached hydrogens (primary N) is 2. The van der Waals surface area contributed by atoms with Crippen molar-refractivity contribution in [2.45, 2.75) is 19.9 Å². The Kier molecular flexibility index (Phi) is 7.55. The predicted molar refractivity (Wildman–Crippen MR) is 78.5 cm³/mol. The maximum absolute atomic E-state index is 5.88. The van der Waals surface area contributed by atoms with Gasteiger partial charge in [-0.05, 0) is 29.8 Å². The zero-order valence-electron chi connectivity index (χ0n) is 10.4. The average molecular weight is 253 g/mol. The van der Waals surface area contributed by atoms with Gasteiger partial charge in [0.2, 0.25) is 0 Å². The van der Waals surface area contributed by atoms with E-state index in [2.05, 4.69) is 30.3 Å². The van der Waals surface area contributed by atoms with Crippen LogP contribution in [0.3, 0.4) is 0 Å². The summed E-state index contributed by atoms with van der Waals surface area (Å²) in [5, 5.41) is 2.53. The van der Waals surface area contributed by atoms with Gasteiger partial charge in [0.15, 0.2) is 0 Å². The molecule has 0 saturated heterocycles. The lowest BCUT2D eigenvalue weighted by Crippen LogP contribution is -2.05. The van der Waals surface area contributed by atoms with E-state index < -0.39 is 0 Å². The summed E-state index contributed by atoms with van der Waals surface area (Å²) >= 11 is 0. The molecule has 3 heteroatoms. The van der Waals surface area contributed by atoms with Crippen molar-refractivity contribution in [3.8, 4) is 0 Å².